The van der Waals surface area contributed by atoms with E-state index in [-0.39, 0.29) is 0 Å². The standard InChI is InChI=1S/2C57H32N4O2/c1-2-13-34-28-39(25-24-33(34)12-1)55-58-56(42-20-11-23-50-52(42)41-19-8-10-22-49(41)62-50)60-57(59-55)43-26-27-47(54-53(43)45-30-36-15-4-6-17-38(36)32-51(45)63-54)61-46-21-9-7-18-40(46)44-29-35-14-3-5-16-37(35)31-48(44)61;1-2-13-33(14-3-1)55-58-56(41-22-12-24-50-52(41)40-21-10-11-23-49(40)62-50)60-57(59-55)42-25-26-46(54-53(42)45-29-36-17-6-9-20-39(36)32-51(45)63-54)61-47-30-37-18-7-4-15-34(37)27-43(47)44-28-35-16-5-8-19-38(35)31-48(44)61/h2*1-32H. The maximum atomic E-state index is 7.17. The van der Waals surface area contributed by atoms with E-state index in [9.17, 15) is 0 Å². The zero-order valence-electron chi connectivity index (χ0n) is 67.2. The Morgan fingerprint density at radius 2 is 0.492 bits per heavy atom. The molecule has 0 aliphatic carbocycles. The van der Waals surface area contributed by atoms with E-state index in [0.717, 1.165) is 187 Å². The van der Waals surface area contributed by atoms with Gasteiger partial charge in [-0.25, -0.2) is 29.9 Å². The molecule has 8 heterocycles. The second kappa shape index (κ2) is 27.1. The third-order valence-electron chi connectivity index (χ3n) is 25.5. The van der Waals surface area contributed by atoms with Gasteiger partial charge < -0.3 is 26.8 Å². The summed E-state index contributed by atoms with van der Waals surface area (Å²) in [5.74, 6) is 3.38. The summed E-state index contributed by atoms with van der Waals surface area (Å²) in [5, 5.41) is 26.4. The molecule has 0 fully saturated rings. The first kappa shape index (κ1) is 69.6. The minimum absolute atomic E-state index is 0.550. The Morgan fingerprint density at radius 1 is 0.167 bits per heavy atom. The van der Waals surface area contributed by atoms with Crippen LogP contribution < -0.4 is 0 Å². The summed E-state index contributed by atoms with van der Waals surface area (Å²) < 4.78 is 31.8. The number of nitrogens with zero attached hydrogens (tertiary/aromatic N) is 8. The molecular weight excluding hydrogens is 1550 g/mol. The van der Waals surface area contributed by atoms with Crippen LogP contribution in [0.4, 0.5) is 0 Å². The Morgan fingerprint density at radius 3 is 0.944 bits per heavy atom. The lowest BCUT2D eigenvalue weighted by Crippen LogP contribution is -2.01. The predicted octanol–water partition coefficient (Wildman–Crippen LogP) is 30.5. The highest BCUT2D eigenvalue weighted by Gasteiger charge is 2.29. The van der Waals surface area contributed by atoms with Gasteiger partial charge in [-0.3, -0.25) is 0 Å². The predicted molar refractivity (Wildman–Crippen MR) is 515 cm³/mol. The van der Waals surface area contributed by atoms with Gasteiger partial charge in [0, 0.05) is 98.0 Å². The Kier molecular flexibility index (Phi) is 15.0. The molecule has 0 radical (unpaired) electrons. The highest BCUT2D eigenvalue weighted by atomic mass is 16.3. The monoisotopic (exact) mass is 1610 g/mol. The van der Waals surface area contributed by atoms with Crippen LogP contribution in [0.1, 0.15) is 0 Å². The number of hydrogen-bond acceptors (Lipinski definition) is 10. The normalized spacial score (nSPS) is 12.1. The Hall–Kier alpha value is -17.2. The summed E-state index contributed by atoms with van der Waals surface area (Å²) in [6.07, 6.45) is 0. The molecule has 0 saturated carbocycles. The van der Waals surface area contributed by atoms with Crippen molar-refractivity contribution in [2.24, 2.45) is 0 Å². The van der Waals surface area contributed by atoms with E-state index in [1.807, 2.05) is 91.0 Å². The van der Waals surface area contributed by atoms with E-state index in [2.05, 4.69) is 306 Å². The number of aromatic nitrogens is 8. The summed E-state index contributed by atoms with van der Waals surface area (Å²) in [4.78, 5) is 31.9. The first-order valence-electron chi connectivity index (χ1n) is 42.3. The van der Waals surface area contributed by atoms with Crippen LogP contribution in [0.3, 0.4) is 0 Å². The molecular formula is C114H64N8O4. The maximum absolute atomic E-state index is 7.17. The molecule has 126 heavy (non-hydrogen) atoms. The Labute approximate surface area is 716 Å². The molecule has 0 spiro atoms. The lowest BCUT2D eigenvalue weighted by molar-refractivity contribution is 0.666. The van der Waals surface area contributed by atoms with Crippen molar-refractivity contribution in [3.63, 3.8) is 0 Å². The third-order valence-corrected chi connectivity index (χ3v) is 25.5. The summed E-state index contributed by atoms with van der Waals surface area (Å²) in [5.41, 5.74) is 17.8. The van der Waals surface area contributed by atoms with E-state index < -0.39 is 0 Å². The Bertz CT molecular complexity index is 9450. The van der Waals surface area contributed by atoms with Crippen molar-refractivity contribution in [3.8, 4) is 79.7 Å². The van der Waals surface area contributed by atoms with Crippen LogP contribution in [0.2, 0.25) is 0 Å². The SMILES string of the molecule is c1ccc(-c2nc(-c3cccc4oc5ccccc5c34)nc(-c3ccc(-n4c5cc6ccccc6cc5c5cc6ccccc6cc54)c4oc5cc6ccccc6cc5c34)n2)cc1.c1ccc2cc(-c3nc(-c4cccc5oc6ccccc6c45)nc(-c4ccc(-n5c6ccccc6c6cc7ccccc7cc65)c5oc6cc7ccccc7cc6c45)n3)ccc2c1. The van der Waals surface area contributed by atoms with Gasteiger partial charge in [0.1, 0.15) is 33.5 Å². The quantitative estimate of drug-likeness (QED) is 0.144. The number of fused-ring (bicyclic) bond motifs is 24. The molecule has 0 aliphatic heterocycles. The van der Waals surface area contributed by atoms with Crippen LogP contribution in [-0.4, -0.2) is 39.0 Å². The molecule has 0 N–H and O–H groups in total. The smallest absolute Gasteiger partial charge is 0.164 e. The second-order valence-corrected chi connectivity index (χ2v) is 32.7. The van der Waals surface area contributed by atoms with Gasteiger partial charge in [0.15, 0.2) is 46.1 Å². The van der Waals surface area contributed by atoms with E-state index >= 15 is 0 Å². The van der Waals surface area contributed by atoms with Gasteiger partial charge in [0.05, 0.1) is 33.4 Å². The molecule has 0 bridgehead atoms. The summed E-state index contributed by atoms with van der Waals surface area (Å²) in [6, 6.07) is 136. The number of para-hydroxylation sites is 3. The van der Waals surface area contributed by atoms with Crippen LogP contribution in [0, 0.1) is 0 Å². The number of furan rings is 4. The highest BCUT2D eigenvalue weighted by Crippen LogP contribution is 2.49. The average molecular weight is 1610 g/mol. The van der Waals surface area contributed by atoms with E-state index in [0.29, 0.717) is 34.9 Å². The van der Waals surface area contributed by atoms with Crippen LogP contribution in [0.15, 0.2) is 406 Å². The first-order chi connectivity index (χ1) is 62.4. The van der Waals surface area contributed by atoms with Gasteiger partial charge >= 0.3 is 0 Å². The van der Waals surface area contributed by atoms with Crippen molar-refractivity contribution >= 4 is 196 Å². The highest BCUT2D eigenvalue weighted by molar-refractivity contribution is 6.24. The fourth-order valence-electron chi connectivity index (χ4n) is 19.7. The maximum Gasteiger partial charge on any atom is 0.164 e. The minimum atomic E-state index is 0.550. The first-order valence-corrected chi connectivity index (χ1v) is 42.3. The van der Waals surface area contributed by atoms with Crippen molar-refractivity contribution < 1.29 is 17.7 Å². The molecule has 28 rings (SSSR count). The minimum Gasteiger partial charge on any atom is -0.456 e. The van der Waals surface area contributed by atoms with Gasteiger partial charge in [0.25, 0.3) is 0 Å². The third kappa shape index (κ3) is 10.8. The Balaban J connectivity index is 0.000000131. The van der Waals surface area contributed by atoms with Gasteiger partial charge in [-0.15, -0.1) is 0 Å². The molecule has 584 valence electrons. The number of rotatable bonds is 8. The molecule has 0 amide bonds. The number of hydrogen-bond donors (Lipinski definition) is 0. The molecule has 0 aliphatic rings. The lowest BCUT2D eigenvalue weighted by Gasteiger charge is -2.13. The summed E-state index contributed by atoms with van der Waals surface area (Å²) in [7, 11) is 0. The molecule has 8 aromatic heterocycles. The molecule has 0 saturated heterocycles. The van der Waals surface area contributed by atoms with Crippen LogP contribution >= 0.6 is 0 Å². The van der Waals surface area contributed by atoms with Crippen molar-refractivity contribution in [1.29, 1.82) is 0 Å². The van der Waals surface area contributed by atoms with Gasteiger partial charge in [-0.05, 0) is 186 Å². The topological polar surface area (TPSA) is 140 Å². The van der Waals surface area contributed by atoms with Crippen molar-refractivity contribution in [3.05, 3.63) is 388 Å². The average Bonchev–Trinajstić information content (AvgIpc) is 1.55. The van der Waals surface area contributed by atoms with E-state index in [1.165, 1.54) is 53.9 Å². The second-order valence-electron chi connectivity index (χ2n) is 32.7. The van der Waals surface area contributed by atoms with Crippen LogP contribution in [-0.2, 0) is 0 Å². The van der Waals surface area contributed by atoms with E-state index in [4.69, 9.17) is 47.6 Å². The zero-order valence-corrected chi connectivity index (χ0v) is 67.2. The van der Waals surface area contributed by atoms with Crippen molar-refractivity contribution in [2.45, 2.75) is 0 Å². The molecule has 12 nitrogen and oxygen atoms in total. The summed E-state index contributed by atoms with van der Waals surface area (Å²) in [6.45, 7) is 0. The molecule has 12 heteroatoms. The number of benzene rings is 20. The van der Waals surface area contributed by atoms with Gasteiger partial charge in [-0.1, -0.05) is 267 Å². The lowest BCUT2D eigenvalue weighted by atomic mass is 10.0. The van der Waals surface area contributed by atoms with Crippen molar-refractivity contribution in [2.75, 3.05) is 0 Å². The molecule has 0 atom stereocenters. The fraction of sp³-hybridized carbons (Fsp3) is 0. The molecule has 28 aromatic rings. The van der Waals surface area contributed by atoms with Gasteiger partial charge in [0.2, 0.25) is 0 Å². The van der Waals surface area contributed by atoms with E-state index in [1.54, 1.807) is 0 Å². The fourth-order valence-corrected chi connectivity index (χ4v) is 19.7. The van der Waals surface area contributed by atoms with Crippen molar-refractivity contribution in [1.82, 2.24) is 39.0 Å². The largest absolute Gasteiger partial charge is 0.456 e. The van der Waals surface area contributed by atoms with Crippen LogP contribution in [0.25, 0.3) is 276 Å². The summed E-state index contributed by atoms with van der Waals surface area (Å²) >= 11 is 0. The zero-order chi connectivity index (χ0) is 82.3. The van der Waals surface area contributed by atoms with Gasteiger partial charge in [-0.2, -0.15) is 0 Å². The molecule has 20 aromatic carbocycles. The van der Waals surface area contributed by atoms with Crippen LogP contribution in [0.5, 0.6) is 0 Å². The molecule has 0 unspecified atom stereocenters.